The zero-order valence-electron chi connectivity index (χ0n) is 59.4. The quantitative estimate of drug-likeness (QED) is 0.107. The van der Waals surface area contributed by atoms with E-state index in [1.165, 1.54) is 12.1 Å². The Morgan fingerprint density at radius 1 is 0.455 bits per heavy atom. The van der Waals surface area contributed by atoms with Crippen LogP contribution in [-0.4, -0.2) is 14.1 Å². The first-order valence-corrected chi connectivity index (χ1v) is 25.6. The van der Waals surface area contributed by atoms with Gasteiger partial charge in [-0.15, -0.1) is 0 Å². The van der Waals surface area contributed by atoms with E-state index in [-0.39, 0.29) is 44.2 Å². The average Bonchev–Trinajstić information content (AvgIpc) is 1.37. The van der Waals surface area contributed by atoms with E-state index in [4.69, 9.17) is 22.1 Å². The fourth-order valence-corrected chi connectivity index (χ4v) is 9.96. The molecule has 0 aliphatic heterocycles. The molecule has 0 fully saturated rings. The van der Waals surface area contributed by atoms with Crippen molar-refractivity contribution in [1.82, 2.24) is 14.1 Å². The first-order valence-electron chi connectivity index (χ1n) is 33.1. The predicted molar refractivity (Wildman–Crippen MR) is 320 cm³/mol. The predicted octanol–water partition coefficient (Wildman–Crippen LogP) is 18.6. The standard InChI is InChI=1S/C72H64N4O/c1-70(2,3)54-36-37-73-68(44-54)76-64-31-20-19-30-60(64)61-34-33-59(46-66(61)76)77-58-29-21-28-57(45-58)74-47-75(65-35-32-51(42-67(65)74)52-38-55(71(4,5)6)43-56(39-52)72(7,8)9)69-62(49-24-15-11-16-25-49)40-53(48-22-13-10-14-23-48)41-63(69)50-26-17-12-18-27-50/h10-46H,1-9H3/i10D,11D,12D,13D,14D,15D,16D,17D,18D,22D,23D,24D,25D,26D,27D. The van der Waals surface area contributed by atoms with Crippen LogP contribution in [0.25, 0.3) is 94.5 Å². The molecule has 3 aromatic heterocycles. The molecule has 3 heterocycles. The largest absolute Gasteiger partial charge is 0.458 e. The SMILES string of the molecule is [2H]c1c([2H])c([2H])c(-c2cc(-c3c([2H])c([2H])c([2H])c([2H])c3[2H])c(-[n+]3[c-]n(-c4cccc(Oc5ccc6c7ccccc7n(-c7cc(C(C)(C)C)ccn7)c6c5)c4)c4cc(-c5cc(C(C)(C)C)cc(C(C)(C)C)c5)ccc43)c(-c3c([2H])c([2H])c([2H])c([2H])c3[2H])c2)c([2H])c1[2H]. The first kappa shape index (κ1) is 34.7. The van der Waals surface area contributed by atoms with Gasteiger partial charge >= 0.3 is 0 Å². The van der Waals surface area contributed by atoms with Gasteiger partial charge in [0.2, 0.25) is 0 Å². The zero-order valence-corrected chi connectivity index (χ0v) is 44.4. The molecule has 0 unspecified atom stereocenters. The van der Waals surface area contributed by atoms with Crippen molar-refractivity contribution in [3.8, 4) is 73.2 Å². The Morgan fingerprint density at radius 2 is 1.04 bits per heavy atom. The number of para-hydroxylation sites is 1. The van der Waals surface area contributed by atoms with E-state index in [2.05, 4.69) is 110 Å². The van der Waals surface area contributed by atoms with Crippen molar-refractivity contribution in [3.63, 3.8) is 0 Å². The van der Waals surface area contributed by atoms with Crippen LogP contribution < -0.4 is 9.30 Å². The minimum atomic E-state index is -0.721. The van der Waals surface area contributed by atoms with Crippen LogP contribution in [0.3, 0.4) is 0 Å². The van der Waals surface area contributed by atoms with E-state index in [9.17, 15) is 8.22 Å². The van der Waals surface area contributed by atoms with Crippen molar-refractivity contribution in [1.29, 1.82) is 0 Å². The number of ether oxygens (including phenoxy) is 1. The average molecular weight is 1020 g/mol. The highest BCUT2D eigenvalue weighted by Gasteiger charge is 2.25. The fraction of sp³-hybridized carbons (Fsp3) is 0.167. The number of hydrogen-bond acceptors (Lipinski definition) is 2. The van der Waals surface area contributed by atoms with Gasteiger partial charge in [0.15, 0.2) is 0 Å². The number of hydrogen-bond donors (Lipinski definition) is 0. The maximum absolute atomic E-state index is 9.53. The molecule has 378 valence electrons. The number of rotatable bonds is 9. The van der Waals surface area contributed by atoms with E-state index >= 15 is 0 Å². The minimum absolute atomic E-state index is 0.0851. The number of aromatic nitrogens is 4. The lowest BCUT2D eigenvalue weighted by Crippen LogP contribution is -2.31. The van der Waals surface area contributed by atoms with Gasteiger partial charge in [-0.25, -0.2) is 4.98 Å². The summed E-state index contributed by atoms with van der Waals surface area (Å²) in [5, 5.41) is 2.03. The second-order valence-corrected chi connectivity index (χ2v) is 22.5. The molecule has 0 N–H and O–H groups in total. The third-order valence-electron chi connectivity index (χ3n) is 14.1. The summed E-state index contributed by atoms with van der Waals surface area (Å²) >= 11 is 0. The molecule has 0 atom stereocenters. The summed E-state index contributed by atoms with van der Waals surface area (Å²) < 4.78 is 148. The Kier molecular flexibility index (Phi) is 8.61. The number of pyridine rings is 1. The van der Waals surface area contributed by atoms with E-state index in [1.54, 1.807) is 9.13 Å². The summed E-state index contributed by atoms with van der Waals surface area (Å²) in [4.78, 5) is 4.87. The smallest absolute Gasteiger partial charge is 0.269 e. The Bertz CT molecular complexity index is 4900. The molecule has 0 radical (unpaired) electrons. The van der Waals surface area contributed by atoms with Gasteiger partial charge in [-0.2, -0.15) is 0 Å². The third kappa shape index (κ3) is 9.41. The Balaban J connectivity index is 1.17. The van der Waals surface area contributed by atoms with Gasteiger partial charge in [0.05, 0.1) is 54.0 Å². The zero-order chi connectivity index (χ0) is 66.3. The minimum Gasteiger partial charge on any atom is -0.458 e. The lowest BCUT2D eigenvalue weighted by molar-refractivity contribution is -0.571. The van der Waals surface area contributed by atoms with Gasteiger partial charge in [-0.05, 0) is 144 Å². The van der Waals surface area contributed by atoms with Gasteiger partial charge in [-0.1, -0.05) is 208 Å². The van der Waals surface area contributed by atoms with Crippen LogP contribution in [-0.2, 0) is 16.2 Å². The molecule has 9 aromatic carbocycles. The molecule has 0 spiro atoms. The highest BCUT2D eigenvalue weighted by molar-refractivity contribution is 6.09. The van der Waals surface area contributed by atoms with Crippen molar-refractivity contribution in [2.75, 3.05) is 0 Å². The van der Waals surface area contributed by atoms with Crippen molar-refractivity contribution in [2.24, 2.45) is 0 Å². The lowest BCUT2D eigenvalue weighted by Gasteiger charge is -2.26. The molecule has 0 saturated heterocycles. The van der Waals surface area contributed by atoms with Gasteiger partial charge in [0.1, 0.15) is 17.3 Å². The molecule has 5 nitrogen and oxygen atoms in total. The molecular formula is C72H64N4O. The first-order chi connectivity index (χ1) is 43.3. The Hall–Kier alpha value is -8.80. The number of benzene rings is 9. The Labute approximate surface area is 474 Å². The monoisotopic (exact) mass is 1020 g/mol. The van der Waals surface area contributed by atoms with Crippen molar-refractivity contribution in [2.45, 2.75) is 78.6 Å². The summed E-state index contributed by atoms with van der Waals surface area (Å²) in [6, 6.07) is 30.1. The van der Waals surface area contributed by atoms with Crippen molar-refractivity contribution < 1.29 is 29.9 Å². The molecule has 12 rings (SSSR count). The molecule has 0 aliphatic rings. The molecular weight excluding hydrogens is 937 g/mol. The summed E-state index contributed by atoms with van der Waals surface area (Å²) in [6.45, 7) is 19.4. The van der Waals surface area contributed by atoms with Gasteiger partial charge in [0, 0.05) is 23.0 Å². The maximum Gasteiger partial charge on any atom is 0.269 e. The van der Waals surface area contributed by atoms with Gasteiger partial charge in [0.25, 0.3) is 6.33 Å². The number of fused-ring (bicyclic) bond motifs is 4. The van der Waals surface area contributed by atoms with Crippen molar-refractivity contribution >= 4 is 32.8 Å². The molecule has 77 heavy (non-hydrogen) atoms. The van der Waals surface area contributed by atoms with Crippen LogP contribution in [0.15, 0.2) is 224 Å². The van der Waals surface area contributed by atoms with E-state index < -0.39 is 102 Å². The molecule has 0 amide bonds. The Morgan fingerprint density at radius 3 is 1.68 bits per heavy atom. The molecule has 5 heteroatoms. The van der Waals surface area contributed by atoms with Gasteiger partial charge < -0.3 is 4.74 Å². The lowest BCUT2D eigenvalue weighted by atomic mass is 9.79. The highest BCUT2D eigenvalue weighted by atomic mass is 16.5. The number of nitrogens with zero attached hydrogens (tertiary/aromatic N) is 4. The van der Waals surface area contributed by atoms with Crippen molar-refractivity contribution in [3.05, 3.63) is 247 Å². The highest BCUT2D eigenvalue weighted by Crippen LogP contribution is 2.41. The van der Waals surface area contributed by atoms with Crippen LogP contribution in [0.2, 0.25) is 0 Å². The third-order valence-corrected chi connectivity index (χ3v) is 14.1. The van der Waals surface area contributed by atoms with Crippen LogP contribution in [0.5, 0.6) is 11.5 Å². The summed E-state index contributed by atoms with van der Waals surface area (Å²) in [6.07, 6.45) is 5.36. The normalized spacial score (nSPS) is 14.9. The maximum atomic E-state index is 9.53. The van der Waals surface area contributed by atoms with E-state index in [0.29, 0.717) is 28.2 Å². The van der Waals surface area contributed by atoms with Crippen LogP contribution in [0.4, 0.5) is 0 Å². The second kappa shape index (κ2) is 19.1. The summed E-state index contributed by atoms with van der Waals surface area (Å²) in [7, 11) is 0. The number of imidazole rings is 1. The van der Waals surface area contributed by atoms with Gasteiger partial charge in [-0.3, -0.25) is 13.7 Å². The van der Waals surface area contributed by atoms with Crippen LogP contribution >= 0.6 is 0 Å². The van der Waals surface area contributed by atoms with Crippen LogP contribution in [0.1, 0.15) is 99.6 Å². The summed E-state index contributed by atoms with van der Waals surface area (Å²) in [5.74, 6) is 1.69. The molecule has 12 aromatic rings. The van der Waals surface area contributed by atoms with E-state index in [0.717, 1.165) is 55.4 Å². The molecule has 0 aliphatic carbocycles. The molecule has 0 bridgehead atoms. The van der Waals surface area contributed by atoms with E-state index in [1.807, 2.05) is 85.1 Å². The van der Waals surface area contributed by atoms with Crippen LogP contribution in [0, 0.1) is 6.33 Å². The fourth-order valence-electron chi connectivity index (χ4n) is 9.96. The summed E-state index contributed by atoms with van der Waals surface area (Å²) in [5.41, 5.74) is 5.81. The topological polar surface area (TPSA) is 35.9 Å². The second-order valence-electron chi connectivity index (χ2n) is 22.5. The molecule has 0 saturated carbocycles.